The molecule has 1 aromatic carbocycles. The van der Waals surface area contributed by atoms with Gasteiger partial charge in [0.1, 0.15) is 5.60 Å². The van der Waals surface area contributed by atoms with Gasteiger partial charge >= 0.3 is 6.09 Å². The summed E-state index contributed by atoms with van der Waals surface area (Å²) in [6, 6.07) is 10.6. The Bertz CT molecular complexity index is 456. The molecule has 1 saturated carbocycles. The lowest BCUT2D eigenvalue weighted by Crippen LogP contribution is -2.45. The molecule has 0 spiro atoms. The van der Waals surface area contributed by atoms with Crippen LogP contribution < -0.4 is 5.32 Å². The Balaban J connectivity index is 1.94. The van der Waals surface area contributed by atoms with Crippen molar-refractivity contribution in [1.82, 2.24) is 5.32 Å². The molecule has 2 rings (SSSR count). The third-order valence-electron chi connectivity index (χ3n) is 3.44. The van der Waals surface area contributed by atoms with E-state index in [0.29, 0.717) is 5.25 Å². The largest absolute Gasteiger partial charge is 0.444 e. The van der Waals surface area contributed by atoms with Gasteiger partial charge in [0, 0.05) is 16.2 Å². The molecule has 1 amide bonds. The summed E-state index contributed by atoms with van der Waals surface area (Å²) in [4.78, 5) is 13.2. The molecule has 1 aliphatic carbocycles. The number of carbonyl (C=O) groups is 1. The van der Waals surface area contributed by atoms with Gasteiger partial charge in [0.15, 0.2) is 0 Å². The van der Waals surface area contributed by atoms with Gasteiger partial charge < -0.3 is 10.1 Å². The molecule has 116 valence electrons. The van der Waals surface area contributed by atoms with Crippen LogP contribution in [0.1, 0.15) is 46.5 Å². The fraction of sp³-hybridized carbons (Fsp3) is 0.588. The Morgan fingerprint density at radius 1 is 1.19 bits per heavy atom. The maximum absolute atomic E-state index is 12.0. The van der Waals surface area contributed by atoms with E-state index in [2.05, 4.69) is 29.6 Å². The van der Waals surface area contributed by atoms with Crippen LogP contribution in [0, 0.1) is 0 Å². The first-order valence-corrected chi connectivity index (χ1v) is 8.53. The van der Waals surface area contributed by atoms with E-state index in [-0.39, 0.29) is 12.1 Å². The SMILES string of the molecule is CC(C)(C)OC(=O)N[C@H]1CCCC[C@H]1Sc1ccccc1. The Labute approximate surface area is 131 Å². The van der Waals surface area contributed by atoms with Crippen LogP contribution in [-0.4, -0.2) is 23.0 Å². The van der Waals surface area contributed by atoms with Crippen molar-refractivity contribution in [3.8, 4) is 0 Å². The lowest BCUT2D eigenvalue weighted by atomic mass is 9.95. The first-order chi connectivity index (χ1) is 9.94. The molecule has 0 saturated heterocycles. The first kappa shape index (κ1) is 16.2. The molecule has 0 aliphatic heterocycles. The van der Waals surface area contributed by atoms with Gasteiger partial charge in [-0.05, 0) is 45.7 Å². The number of alkyl carbamates (subject to hydrolysis) is 1. The van der Waals surface area contributed by atoms with Crippen LogP contribution in [0.25, 0.3) is 0 Å². The van der Waals surface area contributed by atoms with Crippen molar-refractivity contribution in [3.63, 3.8) is 0 Å². The number of nitrogens with one attached hydrogen (secondary N) is 1. The summed E-state index contributed by atoms with van der Waals surface area (Å²) in [5.41, 5.74) is -0.444. The molecule has 0 bridgehead atoms. The van der Waals surface area contributed by atoms with Crippen LogP contribution in [0.3, 0.4) is 0 Å². The minimum Gasteiger partial charge on any atom is -0.444 e. The van der Waals surface area contributed by atoms with E-state index >= 15 is 0 Å². The van der Waals surface area contributed by atoms with Crippen LogP contribution in [0.15, 0.2) is 35.2 Å². The highest BCUT2D eigenvalue weighted by atomic mass is 32.2. The summed E-state index contributed by atoms with van der Waals surface area (Å²) in [6.45, 7) is 5.68. The van der Waals surface area contributed by atoms with Crippen molar-refractivity contribution in [2.45, 2.75) is 68.2 Å². The van der Waals surface area contributed by atoms with Crippen LogP contribution in [0.4, 0.5) is 4.79 Å². The summed E-state index contributed by atoms with van der Waals surface area (Å²) in [7, 11) is 0. The first-order valence-electron chi connectivity index (χ1n) is 7.65. The summed E-state index contributed by atoms with van der Waals surface area (Å²) in [5.74, 6) is 0. The number of benzene rings is 1. The number of thioether (sulfide) groups is 1. The van der Waals surface area contributed by atoms with Crippen molar-refractivity contribution in [3.05, 3.63) is 30.3 Å². The van der Waals surface area contributed by atoms with Crippen molar-refractivity contribution in [1.29, 1.82) is 0 Å². The van der Waals surface area contributed by atoms with Gasteiger partial charge in [-0.3, -0.25) is 0 Å². The molecule has 21 heavy (non-hydrogen) atoms. The fourth-order valence-electron chi connectivity index (χ4n) is 2.54. The minimum absolute atomic E-state index is 0.193. The zero-order valence-electron chi connectivity index (χ0n) is 13.1. The van der Waals surface area contributed by atoms with Gasteiger partial charge in [-0.25, -0.2) is 4.79 Å². The number of amides is 1. The summed E-state index contributed by atoms with van der Waals surface area (Å²) in [5, 5.41) is 3.49. The molecule has 1 aromatic rings. The second-order valence-electron chi connectivity index (χ2n) is 6.51. The Hall–Kier alpha value is -1.16. The Morgan fingerprint density at radius 3 is 2.52 bits per heavy atom. The van der Waals surface area contributed by atoms with E-state index in [4.69, 9.17) is 4.74 Å². The van der Waals surface area contributed by atoms with E-state index in [0.717, 1.165) is 12.8 Å². The minimum atomic E-state index is -0.444. The maximum Gasteiger partial charge on any atom is 0.407 e. The molecule has 4 heteroatoms. The molecule has 1 fully saturated rings. The molecule has 0 heterocycles. The summed E-state index contributed by atoms with van der Waals surface area (Å²) in [6.07, 6.45) is 4.28. The predicted octanol–water partition coefficient (Wildman–Crippen LogP) is 4.61. The van der Waals surface area contributed by atoms with Gasteiger partial charge in [-0.2, -0.15) is 0 Å². The average Bonchev–Trinajstić information content (AvgIpc) is 2.40. The lowest BCUT2D eigenvalue weighted by Gasteiger charge is -2.32. The molecule has 0 aromatic heterocycles. The highest BCUT2D eigenvalue weighted by Gasteiger charge is 2.29. The van der Waals surface area contributed by atoms with E-state index in [1.165, 1.54) is 17.7 Å². The van der Waals surface area contributed by atoms with Crippen LogP contribution in [-0.2, 0) is 4.74 Å². The number of ether oxygens (including phenoxy) is 1. The van der Waals surface area contributed by atoms with Gasteiger partial charge in [0.05, 0.1) is 0 Å². The predicted molar refractivity (Wildman–Crippen MR) is 87.7 cm³/mol. The fourth-order valence-corrected chi connectivity index (χ4v) is 3.85. The zero-order valence-corrected chi connectivity index (χ0v) is 13.9. The molecule has 3 nitrogen and oxygen atoms in total. The van der Waals surface area contributed by atoms with Crippen LogP contribution >= 0.6 is 11.8 Å². The lowest BCUT2D eigenvalue weighted by molar-refractivity contribution is 0.0495. The van der Waals surface area contributed by atoms with E-state index in [1.54, 1.807) is 0 Å². The summed E-state index contributed by atoms with van der Waals surface area (Å²) >= 11 is 1.86. The van der Waals surface area contributed by atoms with Crippen LogP contribution in [0.5, 0.6) is 0 Å². The zero-order chi connectivity index (χ0) is 15.3. The van der Waals surface area contributed by atoms with E-state index in [1.807, 2.05) is 38.6 Å². The molecular formula is C17H25NO2S. The van der Waals surface area contributed by atoms with Gasteiger partial charge in [0.2, 0.25) is 0 Å². The number of hydrogen-bond donors (Lipinski definition) is 1. The monoisotopic (exact) mass is 307 g/mol. The normalized spacial score (nSPS) is 22.6. The van der Waals surface area contributed by atoms with Crippen molar-refractivity contribution in [2.24, 2.45) is 0 Å². The smallest absolute Gasteiger partial charge is 0.407 e. The standard InChI is InChI=1S/C17H25NO2S/c1-17(2,3)20-16(19)18-14-11-7-8-12-15(14)21-13-9-5-4-6-10-13/h4-6,9-10,14-15H,7-8,11-12H2,1-3H3,(H,18,19)/t14-,15+/m0/s1. The highest BCUT2D eigenvalue weighted by Crippen LogP contribution is 2.33. The molecule has 0 radical (unpaired) electrons. The van der Waals surface area contributed by atoms with Crippen molar-refractivity contribution < 1.29 is 9.53 Å². The second-order valence-corrected chi connectivity index (χ2v) is 7.82. The maximum atomic E-state index is 12.0. The highest BCUT2D eigenvalue weighted by molar-refractivity contribution is 8.00. The number of rotatable bonds is 3. The molecule has 2 atom stereocenters. The Kier molecular flexibility index (Phi) is 5.57. The third-order valence-corrected chi connectivity index (χ3v) is 4.85. The van der Waals surface area contributed by atoms with Gasteiger partial charge in [-0.1, -0.05) is 31.0 Å². The molecule has 0 unspecified atom stereocenters. The topological polar surface area (TPSA) is 38.3 Å². The number of carbonyl (C=O) groups excluding carboxylic acids is 1. The Morgan fingerprint density at radius 2 is 1.86 bits per heavy atom. The van der Waals surface area contributed by atoms with Crippen LogP contribution in [0.2, 0.25) is 0 Å². The van der Waals surface area contributed by atoms with E-state index < -0.39 is 5.60 Å². The second kappa shape index (κ2) is 7.21. The van der Waals surface area contributed by atoms with Gasteiger partial charge in [0.25, 0.3) is 0 Å². The van der Waals surface area contributed by atoms with Gasteiger partial charge in [-0.15, -0.1) is 11.8 Å². The average molecular weight is 307 g/mol. The number of hydrogen-bond acceptors (Lipinski definition) is 3. The quantitative estimate of drug-likeness (QED) is 0.886. The van der Waals surface area contributed by atoms with Crippen molar-refractivity contribution in [2.75, 3.05) is 0 Å². The summed E-state index contributed by atoms with van der Waals surface area (Å²) < 4.78 is 5.38. The molecular weight excluding hydrogens is 282 g/mol. The van der Waals surface area contributed by atoms with E-state index in [9.17, 15) is 4.79 Å². The molecule has 1 N–H and O–H groups in total. The third kappa shape index (κ3) is 5.62. The molecule has 1 aliphatic rings. The van der Waals surface area contributed by atoms with Crippen molar-refractivity contribution >= 4 is 17.9 Å².